The number of rotatable bonds is 5. The molecule has 21 heavy (non-hydrogen) atoms. The summed E-state index contributed by atoms with van der Waals surface area (Å²) in [6.07, 6.45) is 1.14. The van der Waals surface area contributed by atoms with Crippen molar-refractivity contribution in [3.8, 4) is 6.07 Å². The number of hydrogen-bond acceptors (Lipinski definition) is 4. The van der Waals surface area contributed by atoms with Crippen LogP contribution in [0, 0.1) is 18.3 Å². The van der Waals surface area contributed by atoms with Gasteiger partial charge in [-0.05, 0) is 57.9 Å². The molecule has 0 spiro atoms. The summed E-state index contributed by atoms with van der Waals surface area (Å²) in [6, 6.07) is 7.75. The Bertz CT molecular complexity index is 539. The fraction of sp³-hybridized carbons (Fsp3) is 0.529. The number of aryl methyl sites for hydroxylation is 1. The van der Waals surface area contributed by atoms with E-state index < -0.39 is 5.60 Å². The Labute approximate surface area is 127 Å². The second-order valence-electron chi connectivity index (χ2n) is 6.18. The van der Waals surface area contributed by atoms with Crippen molar-refractivity contribution >= 4 is 11.7 Å². The maximum absolute atomic E-state index is 11.9. The molecule has 0 amide bonds. The van der Waals surface area contributed by atoms with Crippen molar-refractivity contribution < 1.29 is 9.53 Å². The highest BCUT2D eigenvalue weighted by atomic mass is 16.6. The molecular formula is C17H24N2O2. The van der Waals surface area contributed by atoms with E-state index in [9.17, 15) is 4.79 Å². The summed E-state index contributed by atoms with van der Waals surface area (Å²) in [7, 11) is 0. The third-order valence-electron chi connectivity index (χ3n) is 3.04. The second kappa shape index (κ2) is 7.12. The van der Waals surface area contributed by atoms with Gasteiger partial charge in [0.15, 0.2) is 0 Å². The van der Waals surface area contributed by atoms with E-state index in [1.54, 1.807) is 6.07 Å². The summed E-state index contributed by atoms with van der Waals surface area (Å²) in [4.78, 5) is 11.9. The Morgan fingerprint density at radius 3 is 2.57 bits per heavy atom. The van der Waals surface area contributed by atoms with Crippen molar-refractivity contribution in [1.82, 2.24) is 0 Å². The molecule has 0 radical (unpaired) electrons. The molecule has 1 aromatic rings. The lowest BCUT2D eigenvalue weighted by molar-refractivity contribution is -0.155. The van der Waals surface area contributed by atoms with Crippen LogP contribution in [0.1, 0.15) is 51.7 Å². The SMILES string of the molecule is CC[C@H](CC(=O)OC(C)(C)C)Nc1ccc(C#N)c(C)c1. The Balaban J connectivity index is 2.68. The van der Waals surface area contributed by atoms with Crippen LogP contribution in [0.2, 0.25) is 0 Å². The Hall–Kier alpha value is -2.02. The fourth-order valence-electron chi connectivity index (χ4n) is 2.00. The summed E-state index contributed by atoms with van der Waals surface area (Å²) >= 11 is 0. The second-order valence-corrected chi connectivity index (χ2v) is 6.18. The van der Waals surface area contributed by atoms with Crippen LogP contribution in [0.25, 0.3) is 0 Å². The summed E-state index contributed by atoms with van der Waals surface area (Å²) in [6.45, 7) is 9.52. The van der Waals surface area contributed by atoms with Crippen LogP contribution in [0.5, 0.6) is 0 Å². The summed E-state index contributed by atoms with van der Waals surface area (Å²) in [5, 5.41) is 12.3. The first-order chi connectivity index (χ1) is 9.75. The van der Waals surface area contributed by atoms with Crippen LogP contribution < -0.4 is 5.32 Å². The minimum absolute atomic E-state index is 0.0205. The first-order valence-electron chi connectivity index (χ1n) is 7.24. The average molecular weight is 288 g/mol. The van der Waals surface area contributed by atoms with Crippen molar-refractivity contribution in [3.05, 3.63) is 29.3 Å². The van der Waals surface area contributed by atoms with Crippen molar-refractivity contribution in [3.63, 3.8) is 0 Å². The van der Waals surface area contributed by atoms with E-state index in [0.717, 1.165) is 17.7 Å². The molecule has 1 atom stereocenters. The molecule has 0 fully saturated rings. The van der Waals surface area contributed by atoms with E-state index in [1.807, 2.05) is 46.8 Å². The molecule has 0 saturated carbocycles. The van der Waals surface area contributed by atoms with Gasteiger partial charge in [-0.3, -0.25) is 4.79 Å². The molecule has 0 aromatic heterocycles. The van der Waals surface area contributed by atoms with Gasteiger partial charge in [0.05, 0.1) is 18.1 Å². The third kappa shape index (κ3) is 5.86. The van der Waals surface area contributed by atoms with E-state index in [0.29, 0.717) is 12.0 Å². The van der Waals surface area contributed by atoms with Crippen molar-refractivity contribution in [1.29, 1.82) is 5.26 Å². The number of carbonyl (C=O) groups is 1. The van der Waals surface area contributed by atoms with Gasteiger partial charge in [-0.2, -0.15) is 5.26 Å². The highest BCUT2D eigenvalue weighted by Crippen LogP contribution is 2.18. The Morgan fingerprint density at radius 1 is 1.43 bits per heavy atom. The quantitative estimate of drug-likeness (QED) is 0.837. The van der Waals surface area contributed by atoms with Gasteiger partial charge >= 0.3 is 5.97 Å². The molecule has 0 aliphatic carbocycles. The van der Waals surface area contributed by atoms with Gasteiger partial charge in [0.25, 0.3) is 0 Å². The third-order valence-corrected chi connectivity index (χ3v) is 3.04. The molecule has 1 N–H and O–H groups in total. The molecular weight excluding hydrogens is 264 g/mol. The highest BCUT2D eigenvalue weighted by molar-refractivity contribution is 5.71. The van der Waals surface area contributed by atoms with Crippen LogP contribution in [-0.2, 0) is 9.53 Å². The van der Waals surface area contributed by atoms with E-state index in [1.165, 1.54) is 0 Å². The van der Waals surface area contributed by atoms with Crippen LogP contribution in [0.15, 0.2) is 18.2 Å². The zero-order valence-electron chi connectivity index (χ0n) is 13.5. The van der Waals surface area contributed by atoms with Crippen LogP contribution >= 0.6 is 0 Å². The molecule has 4 nitrogen and oxygen atoms in total. The maximum Gasteiger partial charge on any atom is 0.308 e. The Morgan fingerprint density at radius 2 is 2.10 bits per heavy atom. The highest BCUT2D eigenvalue weighted by Gasteiger charge is 2.19. The first kappa shape index (κ1) is 17.0. The average Bonchev–Trinajstić information content (AvgIpc) is 2.36. The number of nitrogens with zero attached hydrogens (tertiary/aromatic N) is 1. The van der Waals surface area contributed by atoms with Gasteiger partial charge < -0.3 is 10.1 Å². The smallest absolute Gasteiger partial charge is 0.308 e. The van der Waals surface area contributed by atoms with Gasteiger partial charge in [-0.15, -0.1) is 0 Å². The first-order valence-corrected chi connectivity index (χ1v) is 7.24. The van der Waals surface area contributed by atoms with Crippen LogP contribution in [0.3, 0.4) is 0 Å². The van der Waals surface area contributed by atoms with E-state index in [-0.39, 0.29) is 12.0 Å². The number of esters is 1. The number of hydrogen-bond donors (Lipinski definition) is 1. The monoisotopic (exact) mass is 288 g/mol. The van der Waals surface area contributed by atoms with Crippen molar-refractivity contribution in [2.45, 2.75) is 59.1 Å². The minimum atomic E-state index is -0.458. The van der Waals surface area contributed by atoms with E-state index >= 15 is 0 Å². The molecule has 0 unspecified atom stereocenters. The van der Waals surface area contributed by atoms with Gasteiger partial charge in [-0.1, -0.05) is 6.92 Å². The molecule has 0 bridgehead atoms. The van der Waals surface area contributed by atoms with E-state index in [2.05, 4.69) is 11.4 Å². The van der Waals surface area contributed by atoms with Gasteiger partial charge in [-0.25, -0.2) is 0 Å². The van der Waals surface area contributed by atoms with Crippen LogP contribution in [-0.4, -0.2) is 17.6 Å². The van der Waals surface area contributed by atoms with Crippen molar-refractivity contribution in [2.75, 3.05) is 5.32 Å². The summed E-state index contributed by atoms with van der Waals surface area (Å²) in [5.74, 6) is -0.202. The van der Waals surface area contributed by atoms with Crippen LogP contribution in [0.4, 0.5) is 5.69 Å². The largest absolute Gasteiger partial charge is 0.460 e. The fourth-order valence-corrected chi connectivity index (χ4v) is 2.00. The summed E-state index contributed by atoms with van der Waals surface area (Å²) in [5.41, 5.74) is 2.05. The lowest BCUT2D eigenvalue weighted by Gasteiger charge is -2.23. The number of ether oxygens (including phenoxy) is 1. The number of anilines is 1. The Kier molecular flexibility index (Phi) is 5.78. The van der Waals surface area contributed by atoms with Gasteiger partial charge in [0.1, 0.15) is 5.60 Å². The topological polar surface area (TPSA) is 62.1 Å². The number of nitriles is 1. The number of nitrogens with one attached hydrogen (secondary N) is 1. The molecule has 4 heteroatoms. The zero-order chi connectivity index (χ0) is 16.0. The number of benzene rings is 1. The molecule has 1 rings (SSSR count). The predicted molar refractivity (Wildman–Crippen MR) is 84.1 cm³/mol. The normalized spacial score (nSPS) is 12.4. The molecule has 1 aromatic carbocycles. The standard InChI is InChI=1S/C17H24N2O2/c1-6-14(10-16(20)21-17(3,4)5)19-15-8-7-13(11-18)12(2)9-15/h7-9,14,19H,6,10H2,1-5H3/t14-/m1/s1. The lowest BCUT2D eigenvalue weighted by atomic mass is 10.1. The predicted octanol–water partition coefficient (Wildman–Crippen LogP) is 3.79. The molecule has 0 heterocycles. The maximum atomic E-state index is 11.9. The zero-order valence-corrected chi connectivity index (χ0v) is 13.5. The molecule has 0 aliphatic rings. The van der Waals surface area contributed by atoms with Crippen molar-refractivity contribution in [2.24, 2.45) is 0 Å². The molecule has 0 aliphatic heterocycles. The molecule has 0 saturated heterocycles. The molecule has 114 valence electrons. The van der Waals surface area contributed by atoms with Gasteiger partial charge in [0, 0.05) is 11.7 Å². The lowest BCUT2D eigenvalue weighted by Crippen LogP contribution is -2.29. The summed E-state index contributed by atoms with van der Waals surface area (Å²) < 4.78 is 5.35. The minimum Gasteiger partial charge on any atom is -0.460 e. The number of carbonyl (C=O) groups excluding carboxylic acids is 1. The van der Waals surface area contributed by atoms with Gasteiger partial charge in [0.2, 0.25) is 0 Å². The van der Waals surface area contributed by atoms with E-state index in [4.69, 9.17) is 10.00 Å².